The first-order valence-corrected chi connectivity index (χ1v) is 6.16. The molecule has 0 aromatic carbocycles. The predicted molar refractivity (Wildman–Crippen MR) is 65.4 cm³/mol. The molecule has 0 saturated heterocycles. The molecule has 2 heterocycles. The van der Waals surface area contributed by atoms with Crippen LogP contribution in [0.3, 0.4) is 0 Å². The maximum atomic E-state index is 5.97. The second kappa shape index (κ2) is 4.53. The van der Waals surface area contributed by atoms with E-state index in [-0.39, 0.29) is 0 Å². The van der Waals surface area contributed by atoms with E-state index in [2.05, 4.69) is 25.4 Å². The van der Waals surface area contributed by atoms with Crippen LogP contribution >= 0.6 is 11.6 Å². The lowest BCUT2D eigenvalue weighted by Gasteiger charge is -2.05. The zero-order valence-electron chi connectivity index (χ0n) is 9.85. The van der Waals surface area contributed by atoms with Crippen LogP contribution in [0.5, 0.6) is 0 Å². The van der Waals surface area contributed by atoms with E-state index in [1.807, 2.05) is 0 Å². The smallest absolute Gasteiger partial charge is 0.223 e. The Morgan fingerprint density at radius 1 is 1.39 bits per heavy atom. The highest BCUT2D eigenvalue weighted by molar-refractivity contribution is 6.29. The molecule has 1 saturated carbocycles. The molecule has 1 fully saturated rings. The topological polar surface area (TPSA) is 76.7 Å². The van der Waals surface area contributed by atoms with Gasteiger partial charge in [-0.3, -0.25) is 0 Å². The number of nitrogens with zero attached hydrogens (tertiary/aromatic N) is 4. The molecule has 0 radical (unpaired) electrons. The van der Waals surface area contributed by atoms with E-state index in [1.165, 1.54) is 0 Å². The van der Waals surface area contributed by atoms with Crippen LogP contribution in [0, 0.1) is 6.92 Å². The Balaban J connectivity index is 1.71. The van der Waals surface area contributed by atoms with Gasteiger partial charge in [-0.15, -0.1) is 0 Å². The van der Waals surface area contributed by atoms with E-state index in [0.29, 0.717) is 35.1 Å². The van der Waals surface area contributed by atoms with Crippen molar-refractivity contribution in [2.24, 2.45) is 0 Å². The lowest BCUT2D eigenvalue weighted by molar-refractivity contribution is 0.388. The minimum Gasteiger partial charge on any atom is -0.362 e. The average Bonchev–Trinajstić information content (AvgIpc) is 3.10. The van der Waals surface area contributed by atoms with Gasteiger partial charge in [0.1, 0.15) is 16.8 Å². The van der Waals surface area contributed by atoms with Crippen LogP contribution in [-0.2, 0) is 6.54 Å². The van der Waals surface area contributed by atoms with E-state index >= 15 is 0 Å². The Labute approximate surface area is 109 Å². The molecule has 7 heteroatoms. The molecule has 0 bridgehead atoms. The summed E-state index contributed by atoms with van der Waals surface area (Å²) < 4.78 is 4.89. The molecule has 2 aromatic rings. The van der Waals surface area contributed by atoms with E-state index in [0.717, 1.165) is 18.7 Å². The van der Waals surface area contributed by atoms with Gasteiger partial charge in [0.2, 0.25) is 5.89 Å². The Morgan fingerprint density at radius 3 is 2.89 bits per heavy atom. The monoisotopic (exact) mass is 265 g/mol. The minimum atomic E-state index is 0.453. The van der Waals surface area contributed by atoms with Crippen molar-refractivity contribution in [1.29, 1.82) is 0 Å². The minimum absolute atomic E-state index is 0.453. The molecule has 2 aromatic heterocycles. The number of hydrogen-bond donors (Lipinski definition) is 1. The van der Waals surface area contributed by atoms with Crippen LogP contribution < -0.4 is 5.32 Å². The number of anilines is 1. The highest BCUT2D eigenvalue weighted by Gasteiger charge is 2.27. The molecule has 1 N–H and O–H groups in total. The van der Waals surface area contributed by atoms with Crippen LogP contribution in [0.4, 0.5) is 5.82 Å². The largest absolute Gasteiger partial charge is 0.362 e. The van der Waals surface area contributed by atoms with Crippen molar-refractivity contribution in [1.82, 2.24) is 20.1 Å². The molecule has 18 heavy (non-hydrogen) atoms. The lowest BCUT2D eigenvalue weighted by atomic mass is 10.4. The molecular formula is C11H12ClN5O. The van der Waals surface area contributed by atoms with Crippen LogP contribution in [0.1, 0.15) is 36.3 Å². The van der Waals surface area contributed by atoms with Crippen LogP contribution in [0.2, 0.25) is 5.15 Å². The van der Waals surface area contributed by atoms with Crippen molar-refractivity contribution in [3.8, 4) is 0 Å². The Morgan fingerprint density at radius 2 is 2.22 bits per heavy atom. The number of aromatic nitrogens is 4. The summed E-state index contributed by atoms with van der Waals surface area (Å²) >= 11 is 5.97. The van der Waals surface area contributed by atoms with Crippen LogP contribution in [-0.4, -0.2) is 20.1 Å². The van der Waals surface area contributed by atoms with Crippen molar-refractivity contribution >= 4 is 17.4 Å². The fourth-order valence-electron chi connectivity index (χ4n) is 1.63. The summed E-state index contributed by atoms with van der Waals surface area (Å²) in [4.78, 5) is 12.7. The van der Waals surface area contributed by atoms with Gasteiger partial charge in [-0.2, -0.15) is 4.98 Å². The Kier molecular flexibility index (Phi) is 2.87. The van der Waals surface area contributed by atoms with Gasteiger partial charge >= 0.3 is 0 Å². The van der Waals surface area contributed by atoms with Gasteiger partial charge in [0, 0.05) is 18.9 Å². The second-order valence-corrected chi connectivity index (χ2v) is 4.68. The Bertz CT molecular complexity index is 566. The molecule has 0 atom stereocenters. The summed E-state index contributed by atoms with van der Waals surface area (Å²) in [6, 6.07) is 1.69. The molecule has 3 rings (SSSR count). The number of rotatable bonds is 4. The van der Waals surface area contributed by atoms with Crippen LogP contribution in [0.25, 0.3) is 0 Å². The fourth-order valence-corrected chi connectivity index (χ4v) is 1.82. The molecule has 0 aliphatic heterocycles. The maximum absolute atomic E-state index is 5.97. The normalized spacial score (nSPS) is 14.8. The SMILES string of the molecule is Cc1nc(CNc2cc(Cl)nc(C3CC3)n2)no1. The zero-order valence-corrected chi connectivity index (χ0v) is 10.6. The highest BCUT2D eigenvalue weighted by atomic mass is 35.5. The van der Waals surface area contributed by atoms with Crippen molar-refractivity contribution in [2.45, 2.75) is 32.2 Å². The summed E-state index contributed by atoms with van der Waals surface area (Å²) in [6.07, 6.45) is 2.29. The Hall–Kier alpha value is -1.69. The van der Waals surface area contributed by atoms with Crippen molar-refractivity contribution in [2.75, 3.05) is 5.32 Å². The van der Waals surface area contributed by atoms with Crippen LogP contribution in [0.15, 0.2) is 10.6 Å². The molecule has 0 spiro atoms. The summed E-state index contributed by atoms with van der Waals surface area (Å²) in [6.45, 7) is 2.21. The van der Waals surface area contributed by atoms with E-state index in [1.54, 1.807) is 13.0 Å². The van der Waals surface area contributed by atoms with Gasteiger partial charge in [0.25, 0.3) is 0 Å². The van der Waals surface area contributed by atoms with Gasteiger partial charge in [0.05, 0.1) is 6.54 Å². The standard InChI is InChI=1S/C11H12ClN5O/c1-6-14-10(17-18-6)5-13-9-4-8(12)15-11(16-9)7-2-3-7/h4,7H,2-3,5H2,1H3,(H,13,15,16). The molecule has 94 valence electrons. The quantitative estimate of drug-likeness (QED) is 0.855. The third-order valence-corrected chi connectivity index (χ3v) is 2.85. The first-order chi connectivity index (χ1) is 8.70. The van der Waals surface area contributed by atoms with Crippen molar-refractivity contribution < 1.29 is 4.52 Å². The zero-order chi connectivity index (χ0) is 12.5. The number of hydrogen-bond acceptors (Lipinski definition) is 6. The van der Waals surface area contributed by atoms with E-state index in [4.69, 9.17) is 16.1 Å². The fraction of sp³-hybridized carbons (Fsp3) is 0.455. The van der Waals surface area contributed by atoms with E-state index in [9.17, 15) is 0 Å². The third-order valence-electron chi connectivity index (χ3n) is 2.65. The highest BCUT2D eigenvalue weighted by Crippen LogP contribution is 2.38. The molecule has 6 nitrogen and oxygen atoms in total. The van der Waals surface area contributed by atoms with Gasteiger partial charge in [-0.25, -0.2) is 9.97 Å². The summed E-state index contributed by atoms with van der Waals surface area (Å²) in [5, 5.41) is 7.37. The molecule has 0 unspecified atom stereocenters. The molecule has 0 amide bonds. The number of aryl methyl sites for hydroxylation is 1. The maximum Gasteiger partial charge on any atom is 0.223 e. The van der Waals surface area contributed by atoms with E-state index < -0.39 is 0 Å². The second-order valence-electron chi connectivity index (χ2n) is 4.29. The molecular weight excluding hydrogens is 254 g/mol. The summed E-state index contributed by atoms with van der Waals surface area (Å²) in [5.74, 6) is 3.12. The lowest BCUT2D eigenvalue weighted by Crippen LogP contribution is -2.05. The molecule has 1 aliphatic rings. The number of halogens is 1. The number of nitrogens with one attached hydrogen (secondary N) is 1. The average molecular weight is 266 g/mol. The molecule has 1 aliphatic carbocycles. The van der Waals surface area contributed by atoms with Crippen molar-refractivity contribution in [3.05, 3.63) is 28.8 Å². The first kappa shape index (κ1) is 11.4. The summed E-state index contributed by atoms with van der Waals surface area (Å²) in [7, 11) is 0. The van der Waals surface area contributed by atoms with Gasteiger partial charge in [-0.05, 0) is 12.8 Å². The van der Waals surface area contributed by atoms with Crippen molar-refractivity contribution in [3.63, 3.8) is 0 Å². The third kappa shape index (κ3) is 2.59. The van der Waals surface area contributed by atoms with Gasteiger partial charge in [-0.1, -0.05) is 16.8 Å². The van der Waals surface area contributed by atoms with Gasteiger partial charge < -0.3 is 9.84 Å². The van der Waals surface area contributed by atoms with Gasteiger partial charge in [0.15, 0.2) is 5.82 Å². The predicted octanol–water partition coefficient (Wildman–Crippen LogP) is 2.31. The first-order valence-electron chi connectivity index (χ1n) is 5.78. The summed E-state index contributed by atoms with van der Waals surface area (Å²) in [5.41, 5.74) is 0.